The van der Waals surface area contributed by atoms with E-state index in [9.17, 15) is 0 Å². The normalized spacial score (nSPS) is 11.3. The molecule has 0 aliphatic heterocycles. The van der Waals surface area contributed by atoms with Gasteiger partial charge in [0.2, 0.25) is 0 Å². The number of hydrogen-bond acceptors (Lipinski definition) is 3. The van der Waals surface area contributed by atoms with Crippen molar-refractivity contribution in [1.82, 2.24) is 15.0 Å². The topological polar surface area (TPSA) is 43.3 Å². The molecule has 4 heteroatoms. The van der Waals surface area contributed by atoms with Crippen molar-refractivity contribution in [2.45, 2.75) is 0 Å². The summed E-state index contributed by atoms with van der Waals surface area (Å²) in [6.07, 6.45) is 1.69. The molecular weight excluding hydrogens is 82.0 g/mol. The average molecular weight is 83.0 g/mol. The van der Waals surface area contributed by atoms with Crippen molar-refractivity contribution in [3.8, 4) is 0 Å². The number of aromatic nitrogens is 3. The minimum atomic E-state index is 0.606. The first-order valence-corrected chi connectivity index (χ1v) is 1.56. The van der Waals surface area contributed by atoms with Crippen LogP contribution in [0.1, 0.15) is 0 Å². The van der Waals surface area contributed by atoms with E-state index in [2.05, 4.69) is 14.8 Å². The smallest absolute Gasteiger partial charge is 0.290 e. The largest absolute Gasteiger partial charge is 0.332 e. The van der Waals surface area contributed by atoms with Gasteiger partial charge in [-0.15, -0.1) is 0 Å². The summed E-state index contributed by atoms with van der Waals surface area (Å²) in [4.78, 5) is 0. The van der Waals surface area contributed by atoms with Crippen LogP contribution in [0.4, 0.5) is 0 Å². The van der Waals surface area contributed by atoms with E-state index in [0.29, 0.717) is 5.71 Å². The Morgan fingerprint density at radius 2 is 2.67 bits per heavy atom. The van der Waals surface area contributed by atoms with Gasteiger partial charge in [0.15, 0.2) is 0 Å². The van der Waals surface area contributed by atoms with Crippen LogP contribution in [0.2, 0.25) is 0 Å². The van der Waals surface area contributed by atoms with Gasteiger partial charge in [-0.3, -0.25) is 0 Å². The molecule has 0 amide bonds. The van der Waals surface area contributed by atoms with E-state index in [1.165, 1.54) is 4.69 Å². The van der Waals surface area contributed by atoms with Crippen molar-refractivity contribution in [1.29, 1.82) is 0 Å². The number of fused-ring (bicyclic) bond motifs is 1. The Kier molecular flexibility index (Phi) is 0.154. The summed E-state index contributed by atoms with van der Waals surface area (Å²) in [5.41, 5.74) is 0.606. The summed E-state index contributed by atoms with van der Waals surface area (Å²) in [6, 6.07) is 0. The Labute approximate surface area is 32.7 Å². The zero-order chi connectivity index (χ0) is 3.98. The molecule has 30 valence electrons. The lowest BCUT2D eigenvalue weighted by molar-refractivity contribution is 0.326. The summed E-state index contributed by atoms with van der Waals surface area (Å²) in [7, 11) is 0. The van der Waals surface area contributed by atoms with E-state index in [4.69, 9.17) is 0 Å². The van der Waals surface area contributed by atoms with Crippen LogP contribution < -0.4 is 0 Å². The molecule has 3 aromatic rings. The predicted molar refractivity (Wildman–Crippen MR) is 16.4 cm³/mol. The number of hydrogen-bond donors (Lipinski definition) is 0. The van der Waals surface area contributed by atoms with Gasteiger partial charge in [-0.25, -0.2) is 0 Å². The Morgan fingerprint density at radius 3 is 2.83 bits per heavy atom. The van der Waals surface area contributed by atoms with Crippen LogP contribution in [0.15, 0.2) is 10.7 Å². The van der Waals surface area contributed by atoms with Crippen LogP contribution in [0.25, 0.3) is 5.71 Å². The third-order valence-electron chi connectivity index (χ3n) is 0.639. The Hall–Kier alpha value is -1.06. The molecule has 0 aliphatic rings. The van der Waals surface area contributed by atoms with Crippen molar-refractivity contribution in [3.63, 3.8) is 0 Å². The molecule has 0 spiro atoms. The highest BCUT2D eigenvalue weighted by atomic mass is 16.5. The van der Waals surface area contributed by atoms with Gasteiger partial charge in [0.1, 0.15) is 6.20 Å². The van der Waals surface area contributed by atoms with Gasteiger partial charge >= 0.3 is 0 Å². The molecule has 3 heterocycles. The minimum Gasteiger partial charge on any atom is -0.332 e. The van der Waals surface area contributed by atoms with E-state index in [1.807, 2.05) is 0 Å². The third-order valence-corrected chi connectivity index (χ3v) is 0.639. The van der Waals surface area contributed by atoms with Crippen molar-refractivity contribution >= 4 is 5.71 Å². The fourth-order valence-electron chi connectivity index (χ4n) is 0.367. The molecule has 0 saturated heterocycles. The van der Waals surface area contributed by atoms with E-state index < -0.39 is 0 Å². The van der Waals surface area contributed by atoms with Gasteiger partial charge in [-0.1, -0.05) is 9.79 Å². The summed E-state index contributed by atoms with van der Waals surface area (Å²) in [5, 5.41) is 6.95. The van der Waals surface area contributed by atoms with Crippen molar-refractivity contribution < 1.29 is 4.52 Å². The molecule has 4 nitrogen and oxygen atoms in total. The minimum absolute atomic E-state index is 0.606. The van der Waals surface area contributed by atoms with Crippen molar-refractivity contribution in [2.24, 2.45) is 0 Å². The lowest BCUT2D eigenvalue weighted by Gasteiger charge is -1.79. The molecule has 0 N–H and O–H groups in total. The molecule has 0 saturated carbocycles. The highest BCUT2D eigenvalue weighted by Gasteiger charge is 1.98. The predicted octanol–water partition coefficient (Wildman–Crippen LogP) is -0.240. The fourth-order valence-corrected chi connectivity index (χ4v) is 0.367. The molecule has 0 unspecified atom stereocenters. The van der Waals surface area contributed by atoms with Crippen LogP contribution in [-0.4, -0.2) is 15.0 Å². The van der Waals surface area contributed by atoms with Gasteiger partial charge < -0.3 is 4.52 Å². The molecule has 0 aliphatic carbocycles. The molecule has 3 aromatic heterocycles. The molecule has 0 radical (unpaired) electrons. The molecule has 0 atom stereocenters. The second kappa shape index (κ2) is 0.426. The van der Waals surface area contributed by atoms with Gasteiger partial charge in [-0.05, 0) is 5.21 Å². The lowest BCUT2D eigenvalue weighted by Crippen LogP contribution is -1.80. The van der Waals surface area contributed by atoms with Crippen LogP contribution in [0.3, 0.4) is 0 Å². The standard InChI is InChI=1S/C2HN3O/c1-2-3-4-5(1)6-2/h1H. The zero-order valence-electron chi connectivity index (χ0n) is 2.83. The Morgan fingerprint density at radius 1 is 1.83 bits per heavy atom. The maximum Gasteiger partial charge on any atom is 0.290 e. The van der Waals surface area contributed by atoms with Gasteiger partial charge in [0.05, 0.1) is 0 Å². The fraction of sp³-hybridized carbons (Fsp3) is 0. The Bertz CT molecular complexity index is 170. The third kappa shape index (κ3) is 0.0776. The highest BCUT2D eigenvalue weighted by molar-refractivity contribution is 5.24. The molecule has 3 rings (SSSR count). The first-order chi connectivity index (χ1) is 2.95. The quantitative estimate of drug-likeness (QED) is 0.441. The maximum absolute atomic E-state index is 4.61. The molecule has 2 bridgehead atoms. The number of rotatable bonds is 0. The summed E-state index contributed by atoms with van der Waals surface area (Å²) < 4.78 is 5.91. The first kappa shape index (κ1) is 2.17. The van der Waals surface area contributed by atoms with Gasteiger partial charge in [-0.2, -0.15) is 0 Å². The molecular formula is C2HN3O. The van der Waals surface area contributed by atoms with E-state index in [1.54, 1.807) is 6.20 Å². The van der Waals surface area contributed by atoms with Crippen LogP contribution >= 0.6 is 0 Å². The highest BCUT2D eigenvalue weighted by Crippen LogP contribution is 1.97. The second-order valence-electron chi connectivity index (χ2n) is 1.05. The molecule has 6 heavy (non-hydrogen) atoms. The van der Waals surface area contributed by atoms with E-state index >= 15 is 0 Å². The average Bonchev–Trinajstić information content (AvgIpc) is 1.72. The molecule has 0 fully saturated rings. The van der Waals surface area contributed by atoms with Crippen LogP contribution in [0.5, 0.6) is 0 Å². The van der Waals surface area contributed by atoms with E-state index in [-0.39, 0.29) is 0 Å². The lowest BCUT2D eigenvalue weighted by atomic mass is 10.9. The second-order valence-corrected chi connectivity index (χ2v) is 1.05. The summed E-state index contributed by atoms with van der Waals surface area (Å²) >= 11 is 0. The van der Waals surface area contributed by atoms with Gasteiger partial charge in [0, 0.05) is 0 Å². The number of nitrogens with zero attached hydrogens (tertiary/aromatic N) is 3. The first-order valence-electron chi connectivity index (χ1n) is 1.56. The monoisotopic (exact) mass is 83.0 g/mol. The summed E-state index contributed by atoms with van der Waals surface area (Å²) in [6.45, 7) is 0. The molecule has 0 aromatic carbocycles. The van der Waals surface area contributed by atoms with Crippen molar-refractivity contribution in [2.75, 3.05) is 0 Å². The Balaban J connectivity index is 3.24. The summed E-state index contributed by atoms with van der Waals surface area (Å²) in [5.74, 6) is 0. The zero-order valence-corrected chi connectivity index (χ0v) is 2.83. The SMILES string of the molecule is c1c2nnn1o2. The van der Waals surface area contributed by atoms with Crippen molar-refractivity contribution in [3.05, 3.63) is 6.20 Å². The van der Waals surface area contributed by atoms with E-state index in [0.717, 1.165) is 0 Å². The van der Waals surface area contributed by atoms with Gasteiger partial charge in [0.25, 0.3) is 5.71 Å². The van der Waals surface area contributed by atoms with Crippen LogP contribution in [0, 0.1) is 0 Å². The van der Waals surface area contributed by atoms with Crippen LogP contribution in [-0.2, 0) is 0 Å². The maximum atomic E-state index is 4.61.